The van der Waals surface area contributed by atoms with Gasteiger partial charge in [-0.15, -0.1) is 0 Å². The highest BCUT2D eigenvalue weighted by atomic mass is 14.3. The lowest BCUT2D eigenvalue weighted by Crippen LogP contribution is -2.58. The summed E-state index contributed by atoms with van der Waals surface area (Å²) in [5, 5.41) is 0.217. The molecule has 0 saturated carbocycles. The molecule has 0 saturated heterocycles. The van der Waals surface area contributed by atoms with Gasteiger partial charge in [0, 0.05) is 5.41 Å². The van der Waals surface area contributed by atoms with E-state index in [0.29, 0.717) is 6.71 Å². The molecule has 0 nitrogen and oxygen atoms in total. The SMILES string of the molecule is Cc1cccc2c1C(C)(C)c1ccccc1B2C(C)(C)C. The van der Waals surface area contributed by atoms with E-state index in [4.69, 9.17) is 0 Å². The van der Waals surface area contributed by atoms with E-state index in [1.807, 2.05) is 0 Å². The summed E-state index contributed by atoms with van der Waals surface area (Å²) in [4.78, 5) is 0. The highest BCUT2D eigenvalue weighted by Gasteiger charge is 2.44. The number of benzene rings is 2. The first-order valence-corrected chi connectivity index (χ1v) is 7.94. The zero-order valence-electron chi connectivity index (χ0n) is 14.1. The van der Waals surface area contributed by atoms with Gasteiger partial charge in [0.25, 0.3) is 0 Å². The molecule has 0 spiro atoms. The maximum atomic E-state index is 2.37. The Balaban J connectivity index is 2.41. The molecule has 0 atom stereocenters. The lowest BCUT2D eigenvalue weighted by molar-refractivity contribution is 0.636. The van der Waals surface area contributed by atoms with Gasteiger partial charge in [-0.2, -0.15) is 0 Å². The molecule has 0 unspecified atom stereocenters. The molecule has 0 amide bonds. The van der Waals surface area contributed by atoms with Crippen LogP contribution in [0.4, 0.5) is 0 Å². The summed E-state index contributed by atoms with van der Waals surface area (Å²) in [6.07, 6.45) is 0. The zero-order valence-corrected chi connectivity index (χ0v) is 14.1. The van der Waals surface area contributed by atoms with Crippen LogP contribution in [0.2, 0.25) is 5.31 Å². The first-order valence-electron chi connectivity index (χ1n) is 7.94. The van der Waals surface area contributed by atoms with Crippen molar-refractivity contribution in [3.05, 3.63) is 59.2 Å². The highest BCUT2D eigenvalue weighted by Crippen LogP contribution is 2.39. The van der Waals surface area contributed by atoms with Crippen LogP contribution < -0.4 is 10.9 Å². The Morgan fingerprint density at radius 1 is 0.857 bits per heavy atom. The van der Waals surface area contributed by atoms with E-state index in [9.17, 15) is 0 Å². The minimum absolute atomic E-state index is 0.0824. The van der Waals surface area contributed by atoms with Gasteiger partial charge < -0.3 is 0 Å². The van der Waals surface area contributed by atoms with E-state index in [2.05, 4.69) is 84.0 Å². The predicted molar refractivity (Wildman–Crippen MR) is 94.5 cm³/mol. The van der Waals surface area contributed by atoms with Gasteiger partial charge in [0.1, 0.15) is 0 Å². The van der Waals surface area contributed by atoms with E-state index in [-0.39, 0.29) is 10.7 Å². The summed E-state index contributed by atoms with van der Waals surface area (Å²) in [6.45, 7) is 14.6. The maximum Gasteiger partial charge on any atom is 0.215 e. The van der Waals surface area contributed by atoms with Crippen LogP contribution in [0.25, 0.3) is 0 Å². The van der Waals surface area contributed by atoms with Crippen molar-refractivity contribution in [2.75, 3.05) is 0 Å². The Morgan fingerprint density at radius 2 is 1.48 bits per heavy atom. The van der Waals surface area contributed by atoms with Gasteiger partial charge in [0.05, 0.1) is 0 Å². The van der Waals surface area contributed by atoms with Crippen molar-refractivity contribution < 1.29 is 0 Å². The summed E-state index contributed by atoms with van der Waals surface area (Å²) in [7, 11) is 0. The van der Waals surface area contributed by atoms with Crippen LogP contribution in [0, 0.1) is 6.92 Å². The fraction of sp³-hybridized carbons (Fsp3) is 0.400. The second-order valence-electron chi connectivity index (χ2n) is 8.05. The smallest absolute Gasteiger partial charge is 0.0696 e. The zero-order chi connectivity index (χ0) is 15.4. The molecule has 0 bridgehead atoms. The molecule has 0 aliphatic carbocycles. The normalized spacial score (nSPS) is 16.4. The number of fused-ring (bicyclic) bond motifs is 2. The minimum Gasteiger partial charge on any atom is -0.0696 e. The van der Waals surface area contributed by atoms with Crippen molar-refractivity contribution in [1.82, 2.24) is 0 Å². The lowest BCUT2D eigenvalue weighted by Gasteiger charge is -2.43. The van der Waals surface area contributed by atoms with Crippen LogP contribution in [0.3, 0.4) is 0 Å². The average Bonchev–Trinajstić information content (AvgIpc) is 2.37. The second-order valence-corrected chi connectivity index (χ2v) is 8.05. The molecule has 2 aromatic carbocycles. The third-order valence-electron chi connectivity index (χ3n) is 5.05. The van der Waals surface area contributed by atoms with Gasteiger partial charge in [0.15, 0.2) is 0 Å². The van der Waals surface area contributed by atoms with Crippen molar-refractivity contribution in [3.8, 4) is 0 Å². The van der Waals surface area contributed by atoms with Gasteiger partial charge in [-0.25, -0.2) is 0 Å². The quantitative estimate of drug-likeness (QED) is 0.637. The number of hydrogen-bond acceptors (Lipinski definition) is 0. The van der Waals surface area contributed by atoms with E-state index < -0.39 is 0 Å². The molecule has 1 heterocycles. The van der Waals surface area contributed by atoms with Crippen molar-refractivity contribution in [1.29, 1.82) is 0 Å². The summed E-state index contributed by atoms with van der Waals surface area (Å²) >= 11 is 0. The fourth-order valence-corrected chi connectivity index (χ4v) is 4.34. The summed E-state index contributed by atoms with van der Waals surface area (Å²) in [6, 6.07) is 15.8. The van der Waals surface area contributed by atoms with E-state index in [1.54, 1.807) is 0 Å². The average molecular weight is 276 g/mol. The monoisotopic (exact) mass is 276 g/mol. The lowest BCUT2D eigenvalue weighted by atomic mass is 9.24. The maximum absolute atomic E-state index is 2.37. The summed E-state index contributed by atoms with van der Waals surface area (Å²) in [5.41, 5.74) is 7.55. The molecule has 2 aromatic rings. The molecule has 1 aliphatic rings. The van der Waals surface area contributed by atoms with Crippen LogP contribution >= 0.6 is 0 Å². The van der Waals surface area contributed by atoms with E-state index >= 15 is 0 Å². The fourth-order valence-electron chi connectivity index (χ4n) is 4.34. The standard InChI is InChI=1S/C20H25B/c1-14-10-9-13-17-18(14)20(5,6)15-11-7-8-12-16(15)21(17)19(2,3)4/h7-13H,1-6H3. The molecule has 0 aromatic heterocycles. The third-order valence-corrected chi connectivity index (χ3v) is 5.05. The van der Waals surface area contributed by atoms with Crippen LogP contribution in [-0.2, 0) is 5.41 Å². The van der Waals surface area contributed by atoms with E-state index in [1.165, 1.54) is 27.6 Å². The first-order chi connectivity index (χ1) is 9.74. The van der Waals surface area contributed by atoms with Gasteiger partial charge in [0.2, 0.25) is 6.71 Å². The Hall–Kier alpha value is -1.50. The second kappa shape index (κ2) is 4.50. The Bertz CT molecular complexity index is 689. The molecule has 21 heavy (non-hydrogen) atoms. The summed E-state index contributed by atoms with van der Waals surface area (Å²) < 4.78 is 0. The van der Waals surface area contributed by atoms with Crippen LogP contribution in [-0.4, -0.2) is 6.71 Å². The molecule has 3 rings (SSSR count). The van der Waals surface area contributed by atoms with Crippen molar-refractivity contribution in [3.63, 3.8) is 0 Å². The van der Waals surface area contributed by atoms with Crippen LogP contribution in [0.1, 0.15) is 51.3 Å². The number of rotatable bonds is 0. The molecule has 0 fully saturated rings. The summed E-state index contributed by atoms with van der Waals surface area (Å²) in [5.74, 6) is 0. The van der Waals surface area contributed by atoms with Gasteiger partial charge in [-0.05, 0) is 23.6 Å². The van der Waals surface area contributed by atoms with Gasteiger partial charge in [-0.3, -0.25) is 0 Å². The van der Waals surface area contributed by atoms with E-state index in [0.717, 1.165) is 0 Å². The third kappa shape index (κ3) is 2.06. The van der Waals surface area contributed by atoms with Crippen molar-refractivity contribution in [2.24, 2.45) is 0 Å². The first kappa shape index (κ1) is 14.4. The Labute approximate surface area is 129 Å². The molecule has 0 radical (unpaired) electrons. The molecule has 1 heteroatoms. The predicted octanol–water partition coefficient (Wildman–Crippen LogP) is 4.04. The van der Waals surface area contributed by atoms with Gasteiger partial charge in [-0.1, -0.05) is 93.3 Å². The number of aryl methyl sites for hydroxylation is 1. The Kier molecular flexibility index (Phi) is 3.09. The molecule has 108 valence electrons. The molecule has 0 N–H and O–H groups in total. The van der Waals surface area contributed by atoms with Crippen molar-refractivity contribution in [2.45, 2.75) is 52.3 Å². The molecular weight excluding hydrogens is 251 g/mol. The molecule has 1 aliphatic heterocycles. The highest BCUT2D eigenvalue weighted by molar-refractivity contribution is 6.88. The molecular formula is C20H25B. The van der Waals surface area contributed by atoms with Gasteiger partial charge >= 0.3 is 0 Å². The minimum atomic E-state index is 0.0824. The number of hydrogen-bond donors (Lipinski definition) is 0. The van der Waals surface area contributed by atoms with Crippen molar-refractivity contribution >= 4 is 17.6 Å². The Morgan fingerprint density at radius 3 is 2.14 bits per heavy atom. The van der Waals surface area contributed by atoms with Crippen LogP contribution in [0.15, 0.2) is 42.5 Å². The largest absolute Gasteiger partial charge is 0.215 e. The topological polar surface area (TPSA) is 0 Å². The van der Waals surface area contributed by atoms with Crippen LogP contribution in [0.5, 0.6) is 0 Å².